The molecule has 1 aliphatic rings. The summed E-state index contributed by atoms with van der Waals surface area (Å²) in [7, 11) is 0. The van der Waals surface area contributed by atoms with Crippen LogP contribution in [0.15, 0.2) is 12.1 Å². The normalized spacial score (nSPS) is 17.5. The lowest BCUT2D eigenvalue weighted by atomic mass is 10.2. The number of pyridine rings is 1. The monoisotopic (exact) mass is 192 g/mol. The molecule has 1 fully saturated rings. The van der Waals surface area contributed by atoms with E-state index in [2.05, 4.69) is 9.88 Å². The van der Waals surface area contributed by atoms with Crippen molar-refractivity contribution in [3.8, 4) is 5.75 Å². The van der Waals surface area contributed by atoms with E-state index in [9.17, 15) is 5.11 Å². The van der Waals surface area contributed by atoms with Crippen molar-refractivity contribution < 1.29 is 5.11 Å². The fourth-order valence-electron chi connectivity index (χ4n) is 1.87. The van der Waals surface area contributed by atoms with E-state index in [-0.39, 0.29) is 0 Å². The molecule has 2 rings (SSSR count). The average Bonchev–Trinajstić information content (AvgIpc) is 2.64. The third-order valence-corrected chi connectivity index (χ3v) is 2.66. The fraction of sp³-hybridized carbons (Fsp3) is 0.545. The van der Waals surface area contributed by atoms with E-state index in [0.29, 0.717) is 5.75 Å². The highest BCUT2D eigenvalue weighted by Crippen LogP contribution is 2.19. The molecule has 0 unspecified atom stereocenters. The van der Waals surface area contributed by atoms with Gasteiger partial charge in [-0.2, -0.15) is 0 Å². The quantitative estimate of drug-likeness (QED) is 0.774. The number of rotatable bonds is 2. The van der Waals surface area contributed by atoms with Crippen LogP contribution in [0, 0.1) is 6.92 Å². The Balaban J connectivity index is 2.10. The molecular weight excluding hydrogens is 176 g/mol. The molecule has 14 heavy (non-hydrogen) atoms. The van der Waals surface area contributed by atoms with Crippen LogP contribution in [-0.4, -0.2) is 28.1 Å². The van der Waals surface area contributed by atoms with Crippen LogP contribution < -0.4 is 0 Å². The predicted octanol–water partition coefficient (Wildman–Crippen LogP) is 1.69. The van der Waals surface area contributed by atoms with E-state index in [1.807, 2.05) is 13.0 Å². The fourth-order valence-corrected chi connectivity index (χ4v) is 1.87. The molecule has 76 valence electrons. The van der Waals surface area contributed by atoms with Crippen LogP contribution in [0.4, 0.5) is 0 Å². The number of hydrogen-bond acceptors (Lipinski definition) is 3. The van der Waals surface area contributed by atoms with Crippen LogP contribution in [0.1, 0.15) is 24.2 Å². The van der Waals surface area contributed by atoms with E-state index >= 15 is 0 Å². The summed E-state index contributed by atoms with van der Waals surface area (Å²) in [5.41, 5.74) is 1.78. The van der Waals surface area contributed by atoms with Gasteiger partial charge in [0.15, 0.2) is 0 Å². The molecule has 0 radical (unpaired) electrons. The molecule has 2 heterocycles. The van der Waals surface area contributed by atoms with Gasteiger partial charge < -0.3 is 5.11 Å². The first-order chi connectivity index (χ1) is 6.75. The van der Waals surface area contributed by atoms with Gasteiger partial charge >= 0.3 is 0 Å². The summed E-state index contributed by atoms with van der Waals surface area (Å²) in [6.45, 7) is 5.00. The minimum absolute atomic E-state index is 0.322. The number of aryl methyl sites for hydroxylation is 1. The van der Waals surface area contributed by atoms with Gasteiger partial charge in [0.25, 0.3) is 0 Å². The van der Waals surface area contributed by atoms with Crippen LogP contribution >= 0.6 is 0 Å². The lowest BCUT2D eigenvalue weighted by molar-refractivity contribution is 0.319. The molecule has 0 amide bonds. The van der Waals surface area contributed by atoms with Crippen LogP contribution in [-0.2, 0) is 6.54 Å². The smallest absolute Gasteiger partial charge is 0.138 e. The van der Waals surface area contributed by atoms with Crippen molar-refractivity contribution in [1.82, 2.24) is 9.88 Å². The summed E-state index contributed by atoms with van der Waals surface area (Å²) in [5, 5.41) is 9.61. The molecule has 0 bridgehead atoms. The highest BCUT2D eigenvalue weighted by atomic mass is 16.3. The van der Waals surface area contributed by atoms with Gasteiger partial charge in [0.05, 0.1) is 5.69 Å². The Morgan fingerprint density at radius 3 is 2.79 bits per heavy atom. The van der Waals surface area contributed by atoms with E-state index < -0.39 is 0 Å². The Hall–Kier alpha value is -1.09. The first kappa shape index (κ1) is 9.46. The first-order valence-electron chi connectivity index (χ1n) is 5.13. The molecule has 3 nitrogen and oxygen atoms in total. The Morgan fingerprint density at radius 2 is 2.07 bits per heavy atom. The lowest BCUT2D eigenvalue weighted by Crippen LogP contribution is -2.19. The topological polar surface area (TPSA) is 36.4 Å². The Bertz CT molecular complexity index is 319. The maximum absolute atomic E-state index is 9.61. The third kappa shape index (κ3) is 2.04. The van der Waals surface area contributed by atoms with Gasteiger partial charge in [-0.25, -0.2) is 0 Å². The molecule has 0 aromatic carbocycles. The summed E-state index contributed by atoms with van der Waals surface area (Å²) in [5.74, 6) is 0.322. The molecule has 0 spiro atoms. The standard InChI is InChI=1S/C11H16N2O/c1-9-4-5-11(14)10(12-9)8-13-6-2-3-7-13/h4-5,14H,2-3,6-8H2,1H3. The molecule has 1 aliphatic heterocycles. The predicted molar refractivity (Wildman–Crippen MR) is 55.1 cm³/mol. The molecule has 3 heteroatoms. The molecule has 1 aromatic rings. The zero-order valence-electron chi connectivity index (χ0n) is 8.53. The van der Waals surface area contributed by atoms with Crippen LogP contribution in [0.3, 0.4) is 0 Å². The molecule has 1 aromatic heterocycles. The molecule has 0 atom stereocenters. The van der Waals surface area contributed by atoms with Gasteiger partial charge in [0.2, 0.25) is 0 Å². The van der Waals surface area contributed by atoms with Crippen molar-refractivity contribution in [2.24, 2.45) is 0 Å². The van der Waals surface area contributed by atoms with Gasteiger partial charge in [-0.05, 0) is 45.0 Å². The van der Waals surface area contributed by atoms with E-state index in [1.54, 1.807) is 6.07 Å². The van der Waals surface area contributed by atoms with Crippen molar-refractivity contribution in [2.75, 3.05) is 13.1 Å². The van der Waals surface area contributed by atoms with Gasteiger partial charge in [0.1, 0.15) is 5.75 Å². The number of aromatic hydroxyl groups is 1. The highest BCUT2D eigenvalue weighted by Gasteiger charge is 2.14. The van der Waals surface area contributed by atoms with Crippen LogP contribution in [0.2, 0.25) is 0 Å². The minimum Gasteiger partial charge on any atom is -0.506 e. The van der Waals surface area contributed by atoms with Gasteiger partial charge in [0, 0.05) is 12.2 Å². The largest absolute Gasteiger partial charge is 0.506 e. The lowest BCUT2D eigenvalue weighted by Gasteiger charge is -2.14. The maximum Gasteiger partial charge on any atom is 0.138 e. The SMILES string of the molecule is Cc1ccc(O)c(CN2CCCC2)n1. The average molecular weight is 192 g/mol. The second-order valence-electron chi connectivity index (χ2n) is 3.90. The van der Waals surface area contributed by atoms with Crippen LogP contribution in [0.5, 0.6) is 5.75 Å². The number of hydrogen-bond donors (Lipinski definition) is 1. The van der Waals surface area contributed by atoms with Gasteiger partial charge in [-0.3, -0.25) is 9.88 Å². The van der Waals surface area contributed by atoms with Gasteiger partial charge in [-0.1, -0.05) is 0 Å². The Labute approximate surface area is 84.4 Å². The number of nitrogens with zero attached hydrogens (tertiary/aromatic N) is 2. The summed E-state index contributed by atoms with van der Waals surface area (Å²) < 4.78 is 0. The number of likely N-dealkylation sites (tertiary alicyclic amines) is 1. The number of aromatic nitrogens is 1. The first-order valence-corrected chi connectivity index (χ1v) is 5.13. The third-order valence-electron chi connectivity index (χ3n) is 2.66. The highest BCUT2D eigenvalue weighted by molar-refractivity contribution is 5.27. The zero-order valence-corrected chi connectivity index (χ0v) is 8.53. The van der Waals surface area contributed by atoms with Crippen LogP contribution in [0.25, 0.3) is 0 Å². The summed E-state index contributed by atoms with van der Waals surface area (Å²) in [6.07, 6.45) is 2.54. The Morgan fingerprint density at radius 1 is 1.36 bits per heavy atom. The van der Waals surface area contributed by atoms with Crippen molar-refractivity contribution in [3.63, 3.8) is 0 Å². The van der Waals surface area contributed by atoms with Crippen molar-refractivity contribution in [2.45, 2.75) is 26.3 Å². The maximum atomic E-state index is 9.61. The van der Waals surface area contributed by atoms with Crippen molar-refractivity contribution >= 4 is 0 Å². The van der Waals surface area contributed by atoms with E-state index in [4.69, 9.17) is 0 Å². The summed E-state index contributed by atoms with van der Waals surface area (Å²) in [6, 6.07) is 3.57. The molecule has 0 aliphatic carbocycles. The second-order valence-corrected chi connectivity index (χ2v) is 3.90. The minimum atomic E-state index is 0.322. The van der Waals surface area contributed by atoms with E-state index in [0.717, 1.165) is 31.0 Å². The van der Waals surface area contributed by atoms with Crippen molar-refractivity contribution in [1.29, 1.82) is 0 Å². The van der Waals surface area contributed by atoms with Gasteiger partial charge in [-0.15, -0.1) is 0 Å². The second kappa shape index (κ2) is 3.96. The molecule has 0 saturated carbocycles. The van der Waals surface area contributed by atoms with E-state index in [1.165, 1.54) is 12.8 Å². The molecular formula is C11H16N2O. The zero-order chi connectivity index (χ0) is 9.97. The summed E-state index contributed by atoms with van der Waals surface area (Å²) in [4.78, 5) is 6.68. The summed E-state index contributed by atoms with van der Waals surface area (Å²) >= 11 is 0. The molecule has 1 N–H and O–H groups in total. The van der Waals surface area contributed by atoms with Crippen molar-refractivity contribution in [3.05, 3.63) is 23.5 Å². The molecule has 1 saturated heterocycles. The Kier molecular flexibility index (Phi) is 2.68.